The molecule has 2 amide bonds. The van der Waals surface area contributed by atoms with Crippen molar-refractivity contribution in [2.75, 3.05) is 22.7 Å². The molecule has 3 rings (SSSR count). The van der Waals surface area contributed by atoms with Crippen LogP contribution in [0.2, 0.25) is 0 Å². The average molecular weight is 480 g/mol. The molecule has 0 aliphatic carbocycles. The SMILES string of the molecule is CCCNC(=O)c1ccccc1NC(=O)CN(c1ccccc1C)S(=O)(=O)c1ccc(C)cc1. The maximum absolute atomic E-state index is 13.6. The van der Waals surface area contributed by atoms with Gasteiger partial charge in [0.2, 0.25) is 5.91 Å². The summed E-state index contributed by atoms with van der Waals surface area (Å²) in [6, 6.07) is 20.1. The van der Waals surface area contributed by atoms with Gasteiger partial charge in [0, 0.05) is 6.54 Å². The monoisotopic (exact) mass is 479 g/mol. The number of amides is 2. The zero-order valence-electron chi connectivity index (χ0n) is 19.5. The van der Waals surface area contributed by atoms with Crippen molar-refractivity contribution in [3.63, 3.8) is 0 Å². The van der Waals surface area contributed by atoms with Crippen LogP contribution in [0.25, 0.3) is 0 Å². The number of sulfonamides is 1. The Morgan fingerprint density at radius 2 is 1.53 bits per heavy atom. The summed E-state index contributed by atoms with van der Waals surface area (Å²) in [6.07, 6.45) is 0.780. The molecule has 7 nitrogen and oxygen atoms in total. The molecule has 0 atom stereocenters. The second-order valence-corrected chi connectivity index (χ2v) is 9.82. The summed E-state index contributed by atoms with van der Waals surface area (Å²) in [5.74, 6) is -0.865. The Balaban J connectivity index is 1.93. The number of hydrogen-bond acceptors (Lipinski definition) is 4. The van der Waals surface area contributed by atoms with Gasteiger partial charge in [0.25, 0.3) is 15.9 Å². The van der Waals surface area contributed by atoms with Gasteiger partial charge in [0.1, 0.15) is 6.54 Å². The van der Waals surface area contributed by atoms with E-state index in [1.165, 1.54) is 12.1 Å². The Labute approximate surface area is 200 Å². The average Bonchev–Trinajstić information content (AvgIpc) is 2.82. The molecule has 0 fully saturated rings. The quantitative estimate of drug-likeness (QED) is 0.479. The number of carbonyl (C=O) groups excluding carboxylic acids is 2. The van der Waals surface area contributed by atoms with E-state index in [0.717, 1.165) is 16.3 Å². The van der Waals surface area contributed by atoms with E-state index in [1.807, 2.05) is 13.8 Å². The predicted molar refractivity (Wildman–Crippen MR) is 135 cm³/mol. The summed E-state index contributed by atoms with van der Waals surface area (Å²) in [5.41, 5.74) is 2.68. The van der Waals surface area contributed by atoms with Crippen molar-refractivity contribution in [3.05, 3.63) is 89.5 Å². The molecule has 0 unspecified atom stereocenters. The third kappa shape index (κ3) is 5.82. The Bertz CT molecular complexity index is 1270. The third-order valence-corrected chi connectivity index (χ3v) is 7.04. The fourth-order valence-corrected chi connectivity index (χ4v) is 4.91. The number of carbonyl (C=O) groups is 2. The van der Waals surface area contributed by atoms with Crippen LogP contribution >= 0.6 is 0 Å². The number of nitrogens with zero attached hydrogens (tertiary/aromatic N) is 1. The topological polar surface area (TPSA) is 95.6 Å². The Hall–Kier alpha value is -3.65. The lowest BCUT2D eigenvalue weighted by atomic mass is 10.1. The standard InChI is InChI=1S/C26H29N3O4S/c1-4-17-27-26(31)22-10-6-7-11-23(22)28-25(30)18-29(24-12-8-5-9-20(24)3)34(32,33)21-15-13-19(2)14-16-21/h5-16H,4,17-18H2,1-3H3,(H,27,31)(H,28,30). The minimum atomic E-state index is -4.03. The molecule has 0 aliphatic heterocycles. The van der Waals surface area contributed by atoms with Gasteiger partial charge in [-0.1, -0.05) is 55.0 Å². The van der Waals surface area contributed by atoms with Gasteiger partial charge in [-0.2, -0.15) is 0 Å². The molecule has 178 valence electrons. The lowest BCUT2D eigenvalue weighted by Gasteiger charge is -2.26. The second-order valence-electron chi connectivity index (χ2n) is 7.96. The molecular weight excluding hydrogens is 450 g/mol. The van der Waals surface area contributed by atoms with Crippen LogP contribution in [0, 0.1) is 13.8 Å². The fraction of sp³-hybridized carbons (Fsp3) is 0.231. The van der Waals surface area contributed by atoms with Gasteiger partial charge in [-0.05, 0) is 56.2 Å². The number of anilines is 2. The van der Waals surface area contributed by atoms with Gasteiger partial charge in [-0.25, -0.2) is 8.42 Å². The minimum absolute atomic E-state index is 0.0912. The first-order valence-corrected chi connectivity index (χ1v) is 12.5. The highest BCUT2D eigenvalue weighted by Gasteiger charge is 2.28. The van der Waals surface area contributed by atoms with E-state index in [1.54, 1.807) is 67.6 Å². The first-order chi connectivity index (χ1) is 16.2. The van der Waals surface area contributed by atoms with Crippen molar-refractivity contribution in [1.82, 2.24) is 5.32 Å². The van der Waals surface area contributed by atoms with Crippen molar-refractivity contribution >= 4 is 33.2 Å². The lowest BCUT2D eigenvalue weighted by molar-refractivity contribution is -0.114. The van der Waals surface area contributed by atoms with Gasteiger partial charge in [0.15, 0.2) is 0 Å². The summed E-state index contributed by atoms with van der Waals surface area (Å²) in [6.45, 7) is 5.67. The van der Waals surface area contributed by atoms with Crippen LogP contribution in [0.3, 0.4) is 0 Å². The van der Waals surface area contributed by atoms with Crippen LogP contribution in [0.4, 0.5) is 11.4 Å². The second kappa shape index (κ2) is 11.0. The molecule has 3 aromatic carbocycles. The number of aryl methyl sites for hydroxylation is 2. The molecule has 3 aromatic rings. The molecule has 0 bridgehead atoms. The van der Waals surface area contributed by atoms with Crippen LogP contribution in [0.5, 0.6) is 0 Å². The Morgan fingerprint density at radius 3 is 2.21 bits per heavy atom. The zero-order chi connectivity index (χ0) is 24.7. The number of para-hydroxylation sites is 2. The highest BCUT2D eigenvalue weighted by atomic mass is 32.2. The van der Waals surface area contributed by atoms with Crippen LogP contribution in [-0.4, -0.2) is 33.3 Å². The highest BCUT2D eigenvalue weighted by molar-refractivity contribution is 7.92. The summed E-state index contributed by atoms with van der Waals surface area (Å²) in [4.78, 5) is 25.7. The molecule has 0 aliphatic rings. The Morgan fingerprint density at radius 1 is 0.882 bits per heavy atom. The van der Waals surface area contributed by atoms with Gasteiger partial charge in [0.05, 0.1) is 21.8 Å². The number of rotatable bonds is 9. The van der Waals surface area contributed by atoms with Crippen LogP contribution in [0.1, 0.15) is 34.8 Å². The molecule has 0 spiro atoms. The van der Waals surface area contributed by atoms with E-state index in [9.17, 15) is 18.0 Å². The van der Waals surface area contributed by atoms with Crippen molar-refractivity contribution in [1.29, 1.82) is 0 Å². The van der Waals surface area contributed by atoms with E-state index >= 15 is 0 Å². The molecular formula is C26H29N3O4S. The first-order valence-electron chi connectivity index (χ1n) is 11.1. The van der Waals surface area contributed by atoms with Crippen molar-refractivity contribution < 1.29 is 18.0 Å². The van der Waals surface area contributed by atoms with Gasteiger partial charge < -0.3 is 10.6 Å². The lowest BCUT2D eigenvalue weighted by Crippen LogP contribution is -2.39. The molecule has 2 N–H and O–H groups in total. The summed E-state index contributed by atoms with van der Waals surface area (Å²) >= 11 is 0. The molecule has 0 aromatic heterocycles. The largest absolute Gasteiger partial charge is 0.352 e. The smallest absolute Gasteiger partial charge is 0.264 e. The highest BCUT2D eigenvalue weighted by Crippen LogP contribution is 2.27. The maximum atomic E-state index is 13.6. The number of benzene rings is 3. The molecule has 0 heterocycles. The first kappa shape index (κ1) is 25.0. The van der Waals surface area contributed by atoms with Crippen molar-refractivity contribution in [2.24, 2.45) is 0 Å². The molecule has 0 saturated carbocycles. The van der Waals surface area contributed by atoms with E-state index in [-0.39, 0.29) is 10.8 Å². The van der Waals surface area contributed by atoms with Crippen LogP contribution in [-0.2, 0) is 14.8 Å². The maximum Gasteiger partial charge on any atom is 0.264 e. The van der Waals surface area contributed by atoms with Crippen LogP contribution < -0.4 is 14.9 Å². The van der Waals surface area contributed by atoms with Gasteiger partial charge >= 0.3 is 0 Å². The van der Waals surface area contributed by atoms with Crippen molar-refractivity contribution in [2.45, 2.75) is 32.1 Å². The van der Waals surface area contributed by atoms with E-state index in [4.69, 9.17) is 0 Å². The fourth-order valence-electron chi connectivity index (χ4n) is 3.42. The summed E-state index contributed by atoms with van der Waals surface area (Å²) in [7, 11) is -4.03. The molecule has 8 heteroatoms. The normalized spacial score (nSPS) is 11.0. The number of nitrogens with one attached hydrogen (secondary N) is 2. The Kier molecular flexibility index (Phi) is 8.07. The minimum Gasteiger partial charge on any atom is -0.352 e. The van der Waals surface area contributed by atoms with E-state index < -0.39 is 22.5 Å². The molecule has 0 radical (unpaired) electrons. The summed E-state index contributed by atoms with van der Waals surface area (Å²) in [5, 5.41) is 5.50. The molecule has 0 saturated heterocycles. The third-order valence-electron chi connectivity index (χ3n) is 5.26. The summed E-state index contributed by atoms with van der Waals surface area (Å²) < 4.78 is 28.2. The van der Waals surface area contributed by atoms with Gasteiger partial charge in [-0.3, -0.25) is 13.9 Å². The van der Waals surface area contributed by atoms with Crippen molar-refractivity contribution in [3.8, 4) is 0 Å². The predicted octanol–water partition coefficient (Wildman–Crippen LogP) is 4.28. The van der Waals surface area contributed by atoms with Gasteiger partial charge in [-0.15, -0.1) is 0 Å². The van der Waals surface area contributed by atoms with E-state index in [0.29, 0.717) is 29.0 Å². The van der Waals surface area contributed by atoms with E-state index in [2.05, 4.69) is 10.6 Å². The van der Waals surface area contributed by atoms with Crippen LogP contribution in [0.15, 0.2) is 77.7 Å². The zero-order valence-corrected chi connectivity index (χ0v) is 20.4. The number of hydrogen-bond donors (Lipinski definition) is 2. The molecule has 34 heavy (non-hydrogen) atoms.